The number of hydrogen-bond donors (Lipinski definition) is 2. The van der Waals surface area contributed by atoms with E-state index < -0.39 is 11.9 Å². The van der Waals surface area contributed by atoms with Crippen molar-refractivity contribution >= 4 is 45.6 Å². The Balaban J connectivity index is 1.47. The number of ether oxygens (including phenoxy) is 4. The van der Waals surface area contributed by atoms with Crippen molar-refractivity contribution in [2.24, 2.45) is 5.10 Å². The maximum Gasteiger partial charge on any atom is 0.343 e. The van der Waals surface area contributed by atoms with Crippen molar-refractivity contribution in [3.63, 3.8) is 0 Å². The van der Waals surface area contributed by atoms with Crippen LogP contribution in [0.1, 0.15) is 42.2 Å². The number of benzene rings is 4. The third-order valence-corrected chi connectivity index (χ3v) is 6.60. The van der Waals surface area contributed by atoms with E-state index in [0.717, 1.165) is 5.56 Å². The van der Waals surface area contributed by atoms with Gasteiger partial charge in [-0.1, -0.05) is 39.7 Å². The highest BCUT2D eigenvalue weighted by atomic mass is 79.9. The molecule has 43 heavy (non-hydrogen) atoms. The Morgan fingerprint density at radius 2 is 1.42 bits per heavy atom. The second-order valence-corrected chi connectivity index (χ2v) is 10.0. The molecule has 0 fully saturated rings. The molecule has 0 saturated heterocycles. The number of rotatable bonds is 10. The molecule has 2 N–H and O–H groups in total. The summed E-state index contributed by atoms with van der Waals surface area (Å²) in [6.45, 7) is 1.90. The van der Waals surface area contributed by atoms with E-state index in [9.17, 15) is 14.4 Å². The van der Waals surface area contributed by atoms with Crippen LogP contribution in [0.3, 0.4) is 0 Å². The van der Waals surface area contributed by atoms with Crippen LogP contribution in [-0.4, -0.2) is 45.3 Å². The third kappa shape index (κ3) is 7.77. The molecule has 0 saturated carbocycles. The van der Waals surface area contributed by atoms with Gasteiger partial charge in [-0.25, -0.2) is 10.2 Å². The van der Waals surface area contributed by atoms with Gasteiger partial charge in [0.25, 0.3) is 11.8 Å². The van der Waals surface area contributed by atoms with E-state index in [1.807, 2.05) is 13.0 Å². The van der Waals surface area contributed by atoms with Crippen LogP contribution in [0.5, 0.6) is 23.0 Å². The predicted molar refractivity (Wildman–Crippen MR) is 166 cm³/mol. The fraction of sp³-hybridized carbons (Fsp3) is 0.125. The molecule has 4 rings (SSSR count). The summed E-state index contributed by atoms with van der Waals surface area (Å²) in [5.41, 5.74) is 5.24. The zero-order valence-corrected chi connectivity index (χ0v) is 25.4. The molecule has 220 valence electrons. The molecule has 0 aliphatic carbocycles. The number of esters is 1. The van der Waals surface area contributed by atoms with Gasteiger partial charge in [-0.2, -0.15) is 5.10 Å². The van der Waals surface area contributed by atoms with Gasteiger partial charge in [-0.05, 0) is 67.6 Å². The fourth-order valence-electron chi connectivity index (χ4n) is 4.02. The Morgan fingerprint density at radius 3 is 2.07 bits per heavy atom. The number of methoxy groups -OCH3 is 3. The SMILES string of the molecule is COc1cc(C(=O)Oc2ccc(Br)cc2C=NNC(=O)c2cccc(NC(=O)c3cccc(C)c3)c2)cc(OC)c1OC. The quantitative estimate of drug-likeness (QED) is 0.0935. The van der Waals surface area contributed by atoms with Gasteiger partial charge in [0, 0.05) is 26.9 Å². The summed E-state index contributed by atoms with van der Waals surface area (Å²) in [4.78, 5) is 38.5. The molecule has 10 nitrogen and oxygen atoms in total. The number of anilines is 1. The van der Waals surface area contributed by atoms with Crippen molar-refractivity contribution in [2.75, 3.05) is 26.6 Å². The summed E-state index contributed by atoms with van der Waals surface area (Å²) in [5.74, 6) is -0.337. The molecule has 0 aliphatic rings. The molecule has 0 spiro atoms. The van der Waals surface area contributed by atoms with Gasteiger partial charge < -0.3 is 24.3 Å². The topological polar surface area (TPSA) is 125 Å². The van der Waals surface area contributed by atoms with E-state index in [-0.39, 0.29) is 22.8 Å². The summed E-state index contributed by atoms with van der Waals surface area (Å²) in [6.07, 6.45) is 1.35. The molecule has 11 heteroatoms. The lowest BCUT2D eigenvalue weighted by Gasteiger charge is -2.14. The minimum Gasteiger partial charge on any atom is -0.493 e. The fourth-order valence-corrected chi connectivity index (χ4v) is 4.40. The Bertz CT molecular complexity index is 1680. The van der Waals surface area contributed by atoms with Crippen LogP contribution in [0.4, 0.5) is 5.69 Å². The smallest absolute Gasteiger partial charge is 0.343 e. The minimum absolute atomic E-state index is 0.169. The summed E-state index contributed by atoms with van der Waals surface area (Å²) >= 11 is 3.40. The highest BCUT2D eigenvalue weighted by Gasteiger charge is 2.19. The second kappa shape index (κ2) is 14.1. The van der Waals surface area contributed by atoms with Crippen LogP contribution < -0.4 is 29.7 Å². The lowest BCUT2D eigenvalue weighted by Crippen LogP contribution is -2.18. The van der Waals surface area contributed by atoms with Crippen LogP contribution in [0.15, 0.2) is 88.4 Å². The predicted octanol–water partition coefficient (Wildman–Crippen LogP) is 6.02. The van der Waals surface area contributed by atoms with Gasteiger partial charge in [0.2, 0.25) is 5.75 Å². The summed E-state index contributed by atoms with van der Waals surface area (Å²) in [6, 6.07) is 21.6. The molecule has 0 unspecified atom stereocenters. The van der Waals surface area contributed by atoms with Crippen molar-refractivity contribution in [1.82, 2.24) is 5.43 Å². The first-order valence-corrected chi connectivity index (χ1v) is 13.6. The summed E-state index contributed by atoms with van der Waals surface area (Å²) < 4.78 is 22.3. The Morgan fingerprint density at radius 1 is 0.744 bits per heavy atom. The molecule has 4 aromatic rings. The molecule has 4 aromatic carbocycles. The number of carbonyl (C=O) groups excluding carboxylic acids is 3. The Kier molecular flexibility index (Phi) is 10.1. The van der Waals surface area contributed by atoms with Crippen molar-refractivity contribution in [3.8, 4) is 23.0 Å². The number of hydrogen-bond acceptors (Lipinski definition) is 8. The zero-order chi connectivity index (χ0) is 30.9. The van der Waals surface area contributed by atoms with Crippen molar-refractivity contribution < 1.29 is 33.3 Å². The number of carbonyl (C=O) groups is 3. The van der Waals surface area contributed by atoms with E-state index in [4.69, 9.17) is 18.9 Å². The van der Waals surface area contributed by atoms with Crippen molar-refractivity contribution in [2.45, 2.75) is 6.92 Å². The maximum absolute atomic E-state index is 13.0. The zero-order valence-electron chi connectivity index (χ0n) is 23.8. The molecule has 0 atom stereocenters. The van der Waals surface area contributed by atoms with Crippen LogP contribution >= 0.6 is 15.9 Å². The Hall–Kier alpha value is -5.16. The maximum atomic E-state index is 13.0. The van der Waals surface area contributed by atoms with Gasteiger partial charge >= 0.3 is 5.97 Å². The van der Waals surface area contributed by atoms with E-state index >= 15 is 0 Å². The summed E-state index contributed by atoms with van der Waals surface area (Å²) in [7, 11) is 4.36. The second-order valence-electron chi connectivity index (χ2n) is 9.09. The number of halogens is 1. The first kappa shape index (κ1) is 30.8. The number of hydrazone groups is 1. The van der Waals surface area contributed by atoms with Gasteiger partial charge in [-0.3, -0.25) is 9.59 Å². The summed E-state index contributed by atoms with van der Waals surface area (Å²) in [5, 5.41) is 6.84. The van der Waals surface area contributed by atoms with Crippen LogP contribution in [0.2, 0.25) is 0 Å². The molecule has 0 heterocycles. The lowest BCUT2D eigenvalue weighted by atomic mass is 10.1. The van der Waals surface area contributed by atoms with E-state index in [1.54, 1.807) is 60.7 Å². The minimum atomic E-state index is -0.676. The average molecular weight is 646 g/mol. The average Bonchev–Trinajstić information content (AvgIpc) is 3.01. The van der Waals surface area contributed by atoms with E-state index in [0.29, 0.717) is 38.5 Å². The molecular formula is C32H28BrN3O7. The van der Waals surface area contributed by atoms with Crippen LogP contribution in [0, 0.1) is 6.92 Å². The molecule has 0 bridgehead atoms. The number of amides is 2. The van der Waals surface area contributed by atoms with Gasteiger partial charge in [0.15, 0.2) is 11.5 Å². The van der Waals surface area contributed by atoms with Gasteiger partial charge in [-0.15, -0.1) is 0 Å². The molecule has 2 amide bonds. The highest BCUT2D eigenvalue weighted by Crippen LogP contribution is 2.38. The van der Waals surface area contributed by atoms with Crippen LogP contribution in [0.25, 0.3) is 0 Å². The normalized spacial score (nSPS) is 10.6. The monoisotopic (exact) mass is 645 g/mol. The first-order chi connectivity index (χ1) is 20.7. The molecular weight excluding hydrogens is 618 g/mol. The largest absolute Gasteiger partial charge is 0.493 e. The van der Waals surface area contributed by atoms with Crippen molar-refractivity contribution in [3.05, 3.63) is 111 Å². The third-order valence-electron chi connectivity index (χ3n) is 6.11. The number of nitrogens with one attached hydrogen (secondary N) is 2. The van der Waals surface area contributed by atoms with E-state index in [2.05, 4.69) is 31.8 Å². The molecule has 0 aliphatic heterocycles. The standard InChI is InChI=1S/C32H28BrN3O7/c1-19-7-5-8-20(13-19)30(37)35-25-10-6-9-21(15-25)31(38)36-34-18-23-14-24(33)11-12-26(23)43-32(39)22-16-27(40-2)29(42-4)28(17-22)41-3/h5-18H,1-4H3,(H,35,37)(H,36,38). The van der Waals surface area contributed by atoms with Gasteiger partial charge in [0.05, 0.1) is 33.1 Å². The van der Waals surface area contributed by atoms with Crippen LogP contribution in [-0.2, 0) is 0 Å². The highest BCUT2D eigenvalue weighted by molar-refractivity contribution is 9.10. The first-order valence-electron chi connectivity index (χ1n) is 12.9. The molecule has 0 radical (unpaired) electrons. The van der Waals surface area contributed by atoms with Gasteiger partial charge in [0.1, 0.15) is 5.75 Å². The molecule has 0 aromatic heterocycles. The lowest BCUT2D eigenvalue weighted by molar-refractivity contribution is 0.0733. The van der Waals surface area contributed by atoms with E-state index in [1.165, 1.54) is 39.7 Å². The number of nitrogens with zero attached hydrogens (tertiary/aromatic N) is 1. The Labute approximate surface area is 256 Å². The van der Waals surface area contributed by atoms with Crippen molar-refractivity contribution in [1.29, 1.82) is 0 Å². The number of aryl methyl sites for hydroxylation is 1.